The van der Waals surface area contributed by atoms with Crippen molar-refractivity contribution in [3.63, 3.8) is 0 Å². The SMILES string of the molecule is CCOC(O)C[NH+]1C(=O)C2(CCSCC2)c2cc(Br)ccc21. The van der Waals surface area contributed by atoms with Gasteiger partial charge in [-0.15, -0.1) is 0 Å². The lowest BCUT2D eigenvalue weighted by Gasteiger charge is -2.29. The molecule has 1 aromatic rings. The number of hydrogen-bond acceptors (Lipinski definition) is 4. The summed E-state index contributed by atoms with van der Waals surface area (Å²) in [7, 11) is 0. The number of quaternary nitrogens is 1. The van der Waals surface area contributed by atoms with Gasteiger partial charge in [0, 0.05) is 22.7 Å². The molecular formula is C16H21BrNO3S+. The van der Waals surface area contributed by atoms with E-state index in [1.54, 1.807) is 0 Å². The van der Waals surface area contributed by atoms with E-state index >= 15 is 0 Å². The molecule has 120 valence electrons. The van der Waals surface area contributed by atoms with Crippen LogP contribution in [0.5, 0.6) is 0 Å². The van der Waals surface area contributed by atoms with Crippen molar-refractivity contribution in [1.29, 1.82) is 0 Å². The lowest BCUT2D eigenvalue weighted by atomic mass is 9.76. The number of amides is 1. The normalized spacial score (nSPS) is 24.5. The zero-order valence-corrected chi connectivity index (χ0v) is 15.0. The highest BCUT2D eigenvalue weighted by Gasteiger charge is 2.56. The number of halogens is 1. The fraction of sp³-hybridized carbons (Fsp3) is 0.562. The fourth-order valence-corrected chi connectivity index (χ4v) is 5.10. The van der Waals surface area contributed by atoms with Crippen LogP contribution in [0.3, 0.4) is 0 Å². The molecule has 2 N–H and O–H groups in total. The first-order chi connectivity index (χ1) is 10.6. The second-order valence-electron chi connectivity index (χ2n) is 5.81. The summed E-state index contributed by atoms with van der Waals surface area (Å²) in [4.78, 5) is 13.9. The van der Waals surface area contributed by atoms with Gasteiger partial charge in [-0.3, -0.25) is 0 Å². The van der Waals surface area contributed by atoms with Gasteiger partial charge in [0.05, 0.1) is 0 Å². The maximum atomic E-state index is 13.2. The van der Waals surface area contributed by atoms with Crippen molar-refractivity contribution in [3.05, 3.63) is 28.2 Å². The minimum Gasteiger partial charge on any atom is -0.363 e. The van der Waals surface area contributed by atoms with Gasteiger partial charge in [-0.2, -0.15) is 11.8 Å². The number of benzene rings is 1. The van der Waals surface area contributed by atoms with Crippen LogP contribution in [0.2, 0.25) is 0 Å². The van der Waals surface area contributed by atoms with Gasteiger partial charge in [-0.1, -0.05) is 15.9 Å². The van der Waals surface area contributed by atoms with Crippen LogP contribution in [0.4, 0.5) is 5.69 Å². The Kier molecular flexibility index (Phi) is 4.95. The summed E-state index contributed by atoms with van der Waals surface area (Å²) >= 11 is 5.44. The molecule has 3 rings (SSSR count). The predicted octanol–water partition coefficient (Wildman–Crippen LogP) is 1.63. The molecule has 6 heteroatoms. The van der Waals surface area contributed by atoms with Gasteiger partial charge in [0.15, 0.2) is 0 Å². The van der Waals surface area contributed by atoms with Crippen molar-refractivity contribution in [2.24, 2.45) is 0 Å². The Morgan fingerprint density at radius 2 is 2.18 bits per heavy atom. The predicted molar refractivity (Wildman–Crippen MR) is 90.5 cm³/mol. The molecule has 0 aromatic heterocycles. The van der Waals surface area contributed by atoms with E-state index < -0.39 is 6.29 Å². The molecule has 0 bridgehead atoms. The number of rotatable bonds is 4. The largest absolute Gasteiger partial charge is 0.363 e. The number of hydrogen-bond donors (Lipinski definition) is 2. The molecule has 1 saturated heterocycles. The lowest BCUT2D eigenvalue weighted by molar-refractivity contribution is -0.756. The zero-order chi connectivity index (χ0) is 15.7. The number of aliphatic hydroxyl groups is 1. The highest BCUT2D eigenvalue weighted by atomic mass is 79.9. The maximum Gasteiger partial charge on any atom is 0.328 e. The van der Waals surface area contributed by atoms with Crippen LogP contribution in [0.15, 0.2) is 22.7 Å². The third-order valence-electron chi connectivity index (χ3n) is 4.62. The Hall–Kier alpha value is -0.400. The summed E-state index contributed by atoms with van der Waals surface area (Å²) in [6.45, 7) is 2.56. The summed E-state index contributed by atoms with van der Waals surface area (Å²) in [6.07, 6.45) is 0.857. The number of thioether (sulfide) groups is 1. The standard InChI is InChI=1S/C16H20BrNO3S/c1-2-21-14(19)10-18-13-4-3-11(17)9-12(13)16(15(18)20)5-7-22-8-6-16/h3-4,9,14,19H,2,5-8,10H2,1H3/p+1. The van der Waals surface area contributed by atoms with Crippen LogP contribution in [0.1, 0.15) is 25.3 Å². The van der Waals surface area contributed by atoms with Gasteiger partial charge < -0.3 is 9.84 Å². The quantitative estimate of drug-likeness (QED) is 0.772. The minimum absolute atomic E-state index is 0.194. The number of ether oxygens (including phenoxy) is 1. The molecule has 2 unspecified atom stereocenters. The van der Waals surface area contributed by atoms with E-state index in [-0.39, 0.29) is 17.9 Å². The number of aliphatic hydroxyl groups excluding tert-OH is 1. The van der Waals surface area contributed by atoms with Gasteiger partial charge >= 0.3 is 5.91 Å². The Morgan fingerprint density at radius 1 is 1.45 bits per heavy atom. The van der Waals surface area contributed by atoms with E-state index in [0.717, 1.165) is 45.0 Å². The summed E-state index contributed by atoms with van der Waals surface area (Å²) in [5.41, 5.74) is 1.75. The van der Waals surface area contributed by atoms with Crippen LogP contribution >= 0.6 is 27.7 Å². The summed E-state index contributed by atoms with van der Waals surface area (Å²) in [5.74, 6) is 2.22. The van der Waals surface area contributed by atoms with Gasteiger partial charge in [-0.25, -0.2) is 9.69 Å². The van der Waals surface area contributed by atoms with Crippen LogP contribution in [0, 0.1) is 0 Å². The molecule has 0 saturated carbocycles. The van der Waals surface area contributed by atoms with E-state index in [1.807, 2.05) is 30.8 Å². The van der Waals surface area contributed by atoms with E-state index in [0.29, 0.717) is 6.61 Å². The Morgan fingerprint density at radius 3 is 2.86 bits per heavy atom. The number of carbonyl (C=O) groups is 1. The molecule has 1 spiro atoms. The molecule has 2 heterocycles. The van der Waals surface area contributed by atoms with Crippen molar-refractivity contribution in [2.75, 3.05) is 24.7 Å². The summed E-state index contributed by atoms with van der Waals surface area (Å²) < 4.78 is 6.24. The minimum atomic E-state index is -0.909. The van der Waals surface area contributed by atoms with Crippen molar-refractivity contribution in [2.45, 2.75) is 31.5 Å². The van der Waals surface area contributed by atoms with Gasteiger partial charge in [0.25, 0.3) is 0 Å². The average molecular weight is 387 g/mol. The smallest absolute Gasteiger partial charge is 0.328 e. The second-order valence-corrected chi connectivity index (χ2v) is 7.95. The van der Waals surface area contributed by atoms with E-state index in [9.17, 15) is 9.90 Å². The maximum absolute atomic E-state index is 13.2. The topological polar surface area (TPSA) is 51.0 Å². The van der Waals surface area contributed by atoms with Gasteiger partial charge in [0.2, 0.25) is 6.29 Å². The fourth-order valence-electron chi connectivity index (χ4n) is 3.55. The van der Waals surface area contributed by atoms with Gasteiger partial charge in [0.1, 0.15) is 17.6 Å². The molecule has 2 aliphatic rings. The number of fused-ring (bicyclic) bond motifs is 2. The first-order valence-corrected chi connectivity index (χ1v) is 9.61. The molecule has 2 aliphatic heterocycles. The third kappa shape index (κ3) is 2.76. The van der Waals surface area contributed by atoms with E-state index in [4.69, 9.17) is 4.74 Å². The molecule has 1 amide bonds. The first kappa shape index (κ1) is 16.5. The van der Waals surface area contributed by atoms with E-state index in [2.05, 4.69) is 22.0 Å². The Bertz CT molecular complexity index is 575. The molecule has 1 fully saturated rings. The van der Waals surface area contributed by atoms with E-state index in [1.165, 1.54) is 0 Å². The first-order valence-electron chi connectivity index (χ1n) is 7.67. The molecule has 22 heavy (non-hydrogen) atoms. The van der Waals surface area contributed by atoms with Gasteiger partial charge in [-0.05, 0) is 43.4 Å². The van der Waals surface area contributed by atoms with Crippen LogP contribution < -0.4 is 4.90 Å². The molecule has 1 aromatic carbocycles. The summed E-state index contributed by atoms with van der Waals surface area (Å²) in [6, 6.07) is 6.06. The average Bonchev–Trinajstić information content (AvgIpc) is 2.71. The van der Waals surface area contributed by atoms with Crippen molar-refractivity contribution >= 4 is 39.3 Å². The number of nitrogens with one attached hydrogen (secondary N) is 1. The second kappa shape index (κ2) is 6.61. The summed E-state index contributed by atoms with van der Waals surface area (Å²) in [5, 5.41) is 9.99. The molecule has 0 aliphatic carbocycles. The molecule has 4 nitrogen and oxygen atoms in total. The third-order valence-corrected chi connectivity index (χ3v) is 6.09. The Balaban J connectivity index is 1.98. The van der Waals surface area contributed by atoms with Crippen molar-refractivity contribution in [3.8, 4) is 0 Å². The molecule has 2 atom stereocenters. The van der Waals surface area contributed by atoms with Crippen LogP contribution in [-0.4, -0.2) is 42.0 Å². The monoisotopic (exact) mass is 386 g/mol. The number of carbonyl (C=O) groups excluding carboxylic acids is 1. The lowest BCUT2D eigenvalue weighted by Crippen LogP contribution is -3.11. The van der Waals surface area contributed by atoms with Crippen LogP contribution in [0.25, 0.3) is 0 Å². The highest BCUT2D eigenvalue weighted by Crippen LogP contribution is 2.44. The van der Waals surface area contributed by atoms with Crippen molar-refractivity contribution in [1.82, 2.24) is 0 Å². The zero-order valence-electron chi connectivity index (χ0n) is 12.6. The molecule has 0 radical (unpaired) electrons. The van der Waals surface area contributed by atoms with Crippen molar-refractivity contribution < 1.29 is 19.5 Å². The molecular weight excluding hydrogens is 366 g/mol. The van der Waals surface area contributed by atoms with Crippen LogP contribution in [-0.2, 0) is 14.9 Å². The highest BCUT2D eigenvalue weighted by molar-refractivity contribution is 9.10. The Labute approximate surface area is 143 Å².